The van der Waals surface area contributed by atoms with E-state index in [1.165, 1.54) is 22.0 Å². The van der Waals surface area contributed by atoms with E-state index in [0.29, 0.717) is 0 Å². The van der Waals surface area contributed by atoms with E-state index in [9.17, 15) is 0 Å². The third-order valence-corrected chi connectivity index (χ3v) is 3.29. The SMILES string of the molecule is Cn1ccc2ccc(C3=CCCNC3)cc21. The first-order valence-electron chi connectivity index (χ1n) is 5.80. The molecule has 16 heavy (non-hydrogen) atoms. The Balaban J connectivity index is 2.10. The van der Waals surface area contributed by atoms with Gasteiger partial charge in [-0.2, -0.15) is 0 Å². The first-order valence-corrected chi connectivity index (χ1v) is 5.80. The minimum Gasteiger partial charge on any atom is -0.351 e. The summed E-state index contributed by atoms with van der Waals surface area (Å²) in [4.78, 5) is 0. The maximum Gasteiger partial charge on any atom is 0.0483 e. The number of benzene rings is 1. The number of fused-ring (bicyclic) bond motifs is 1. The lowest BCUT2D eigenvalue weighted by Crippen LogP contribution is -2.21. The molecule has 3 rings (SSSR count). The van der Waals surface area contributed by atoms with Crippen LogP contribution in [0.5, 0.6) is 0 Å². The van der Waals surface area contributed by atoms with Gasteiger partial charge in [-0.25, -0.2) is 0 Å². The molecule has 1 aromatic carbocycles. The highest BCUT2D eigenvalue weighted by atomic mass is 14.9. The summed E-state index contributed by atoms with van der Waals surface area (Å²) in [6, 6.07) is 8.88. The van der Waals surface area contributed by atoms with Gasteiger partial charge in [-0.1, -0.05) is 18.2 Å². The molecular weight excluding hydrogens is 196 g/mol. The molecule has 0 aliphatic carbocycles. The summed E-state index contributed by atoms with van der Waals surface area (Å²) in [5.41, 5.74) is 4.08. The molecule has 0 atom stereocenters. The maximum atomic E-state index is 3.41. The van der Waals surface area contributed by atoms with Gasteiger partial charge in [0.05, 0.1) is 0 Å². The Bertz CT molecular complexity index is 549. The average Bonchev–Trinajstić information content (AvgIpc) is 2.72. The van der Waals surface area contributed by atoms with Crippen molar-refractivity contribution in [2.24, 2.45) is 7.05 Å². The van der Waals surface area contributed by atoms with Gasteiger partial charge >= 0.3 is 0 Å². The Hall–Kier alpha value is -1.54. The summed E-state index contributed by atoms with van der Waals surface area (Å²) in [6.45, 7) is 2.10. The van der Waals surface area contributed by atoms with Crippen molar-refractivity contribution in [3.63, 3.8) is 0 Å². The average molecular weight is 212 g/mol. The van der Waals surface area contributed by atoms with Gasteiger partial charge in [0.25, 0.3) is 0 Å². The molecule has 2 heteroatoms. The molecular formula is C14H16N2. The molecule has 0 saturated carbocycles. The lowest BCUT2D eigenvalue weighted by molar-refractivity contribution is 0.739. The van der Waals surface area contributed by atoms with Crippen molar-refractivity contribution in [2.75, 3.05) is 13.1 Å². The number of nitrogens with one attached hydrogen (secondary N) is 1. The van der Waals surface area contributed by atoms with Gasteiger partial charge in [0, 0.05) is 25.3 Å². The van der Waals surface area contributed by atoms with Crippen LogP contribution in [0.4, 0.5) is 0 Å². The lowest BCUT2D eigenvalue weighted by Gasteiger charge is -2.14. The fourth-order valence-corrected chi connectivity index (χ4v) is 2.33. The zero-order valence-electron chi connectivity index (χ0n) is 9.53. The van der Waals surface area contributed by atoms with E-state index in [2.05, 4.69) is 53.5 Å². The van der Waals surface area contributed by atoms with Crippen LogP contribution in [0.15, 0.2) is 36.5 Å². The molecule has 1 aliphatic heterocycles. The van der Waals surface area contributed by atoms with Gasteiger partial charge in [0.15, 0.2) is 0 Å². The zero-order chi connectivity index (χ0) is 11.0. The number of nitrogens with zero attached hydrogens (tertiary/aromatic N) is 1. The van der Waals surface area contributed by atoms with Crippen molar-refractivity contribution in [3.05, 3.63) is 42.1 Å². The predicted octanol–water partition coefficient (Wildman–Crippen LogP) is 2.56. The first kappa shape index (κ1) is 9.67. The second kappa shape index (κ2) is 3.80. The molecule has 1 N–H and O–H groups in total. The van der Waals surface area contributed by atoms with E-state index < -0.39 is 0 Å². The number of rotatable bonds is 1. The van der Waals surface area contributed by atoms with Crippen LogP contribution in [0.25, 0.3) is 16.5 Å². The molecule has 0 spiro atoms. The molecule has 2 heterocycles. The zero-order valence-corrected chi connectivity index (χ0v) is 9.53. The Labute approximate surface area is 95.6 Å². The summed E-state index contributed by atoms with van der Waals surface area (Å²) in [7, 11) is 2.10. The van der Waals surface area contributed by atoms with Gasteiger partial charge in [-0.05, 0) is 41.6 Å². The highest BCUT2D eigenvalue weighted by Gasteiger charge is 2.07. The van der Waals surface area contributed by atoms with Crippen LogP contribution >= 0.6 is 0 Å². The molecule has 2 aromatic rings. The molecule has 0 bridgehead atoms. The molecule has 0 fully saturated rings. The van der Waals surface area contributed by atoms with E-state index >= 15 is 0 Å². The number of hydrogen-bond acceptors (Lipinski definition) is 1. The van der Waals surface area contributed by atoms with Gasteiger partial charge in [-0.3, -0.25) is 0 Å². The second-order valence-corrected chi connectivity index (χ2v) is 4.40. The normalized spacial score (nSPS) is 16.4. The summed E-state index contributed by atoms with van der Waals surface area (Å²) in [5, 5.41) is 4.73. The standard InChI is InChI=1S/C14H16N2/c1-16-8-6-11-4-5-12(9-14(11)16)13-3-2-7-15-10-13/h3-6,8-9,15H,2,7,10H2,1H3. The van der Waals surface area contributed by atoms with E-state index in [1.807, 2.05) is 0 Å². The Morgan fingerprint density at radius 1 is 1.25 bits per heavy atom. The monoisotopic (exact) mass is 212 g/mol. The minimum atomic E-state index is 0.996. The highest BCUT2D eigenvalue weighted by Crippen LogP contribution is 2.22. The molecule has 0 amide bonds. The van der Waals surface area contributed by atoms with Crippen LogP contribution < -0.4 is 5.32 Å². The first-order chi connectivity index (χ1) is 7.84. The van der Waals surface area contributed by atoms with Crippen molar-refractivity contribution in [2.45, 2.75) is 6.42 Å². The second-order valence-electron chi connectivity index (χ2n) is 4.40. The van der Waals surface area contributed by atoms with Crippen molar-refractivity contribution in [3.8, 4) is 0 Å². The lowest BCUT2D eigenvalue weighted by atomic mass is 10.0. The van der Waals surface area contributed by atoms with Gasteiger partial charge < -0.3 is 9.88 Å². The highest BCUT2D eigenvalue weighted by molar-refractivity contribution is 5.84. The fraction of sp³-hybridized carbons (Fsp3) is 0.286. The summed E-state index contributed by atoms with van der Waals surface area (Å²) >= 11 is 0. The van der Waals surface area contributed by atoms with E-state index in [4.69, 9.17) is 0 Å². The molecule has 0 saturated heterocycles. The number of aromatic nitrogens is 1. The number of aryl methyl sites for hydroxylation is 1. The minimum absolute atomic E-state index is 0.996. The Kier molecular flexibility index (Phi) is 2.29. The van der Waals surface area contributed by atoms with Crippen LogP contribution in [0, 0.1) is 0 Å². The largest absolute Gasteiger partial charge is 0.351 e. The molecule has 82 valence electrons. The van der Waals surface area contributed by atoms with Crippen LogP contribution in [0.2, 0.25) is 0 Å². The van der Waals surface area contributed by atoms with Crippen molar-refractivity contribution in [1.29, 1.82) is 0 Å². The van der Waals surface area contributed by atoms with Gasteiger partial charge in [-0.15, -0.1) is 0 Å². The molecule has 1 aliphatic rings. The van der Waals surface area contributed by atoms with Gasteiger partial charge in [0.2, 0.25) is 0 Å². The Morgan fingerprint density at radius 3 is 3.00 bits per heavy atom. The van der Waals surface area contributed by atoms with Crippen molar-refractivity contribution >= 4 is 16.5 Å². The van der Waals surface area contributed by atoms with Crippen molar-refractivity contribution < 1.29 is 0 Å². The predicted molar refractivity (Wildman–Crippen MR) is 68.4 cm³/mol. The quantitative estimate of drug-likeness (QED) is 0.768. The Morgan fingerprint density at radius 2 is 2.19 bits per heavy atom. The third-order valence-electron chi connectivity index (χ3n) is 3.29. The smallest absolute Gasteiger partial charge is 0.0483 e. The summed E-state index contributed by atoms with van der Waals surface area (Å²) < 4.78 is 2.18. The summed E-state index contributed by atoms with van der Waals surface area (Å²) in [5.74, 6) is 0. The molecule has 2 nitrogen and oxygen atoms in total. The van der Waals surface area contributed by atoms with Crippen LogP contribution in [0.1, 0.15) is 12.0 Å². The third kappa shape index (κ3) is 1.55. The van der Waals surface area contributed by atoms with Crippen LogP contribution in [-0.2, 0) is 7.05 Å². The van der Waals surface area contributed by atoms with E-state index in [-0.39, 0.29) is 0 Å². The summed E-state index contributed by atoms with van der Waals surface area (Å²) in [6.07, 6.45) is 5.60. The molecule has 0 radical (unpaired) electrons. The van der Waals surface area contributed by atoms with E-state index in [0.717, 1.165) is 19.5 Å². The van der Waals surface area contributed by atoms with Crippen molar-refractivity contribution in [1.82, 2.24) is 9.88 Å². The van der Waals surface area contributed by atoms with Gasteiger partial charge in [0.1, 0.15) is 0 Å². The van der Waals surface area contributed by atoms with E-state index in [1.54, 1.807) is 0 Å². The number of hydrogen-bond donors (Lipinski definition) is 1. The molecule has 0 unspecified atom stereocenters. The maximum absolute atomic E-state index is 3.41. The van der Waals surface area contributed by atoms with Crippen LogP contribution in [-0.4, -0.2) is 17.7 Å². The topological polar surface area (TPSA) is 17.0 Å². The van der Waals surface area contributed by atoms with Crippen LogP contribution in [0.3, 0.4) is 0 Å². The molecule has 1 aromatic heterocycles. The fourth-order valence-electron chi connectivity index (χ4n) is 2.33.